The molecule has 4 nitrogen and oxygen atoms in total. The SMILES string of the molecule is CN1C(=O)C[C@@H](C(=O)N2CC[C@@H]2c2ccccc2)c2ccccc21. The van der Waals surface area contributed by atoms with E-state index in [9.17, 15) is 9.59 Å². The quantitative estimate of drug-likeness (QED) is 0.853. The third-order valence-electron chi connectivity index (χ3n) is 5.21. The predicted octanol–water partition coefficient (Wildman–Crippen LogP) is 3.11. The zero-order valence-corrected chi connectivity index (χ0v) is 13.7. The highest BCUT2D eigenvalue weighted by molar-refractivity contribution is 6.02. The number of hydrogen-bond acceptors (Lipinski definition) is 2. The van der Waals surface area contributed by atoms with Crippen molar-refractivity contribution >= 4 is 17.5 Å². The molecule has 4 heteroatoms. The molecule has 0 N–H and O–H groups in total. The molecule has 1 saturated heterocycles. The maximum Gasteiger partial charge on any atom is 0.231 e. The van der Waals surface area contributed by atoms with E-state index in [1.807, 2.05) is 47.4 Å². The van der Waals surface area contributed by atoms with Gasteiger partial charge < -0.3 is 9.80 Å². The molecule has 1 fully saturated rings. The van der Waals surface area contributed by atoms with Gasteiger partial charge in [-0.1, -0.05) is 48.5 Å². The van der Waals surface area contributed by atoms with Gasteiger partial charge in [-0.3, -0.25) is 9.59 Å². The summed E-state index contributed by atoms with van der Waals surface area (Å²) in [6.45, 7) is 0.765. The molecule has 2 amide bonds. The number of amides is 2. The first-order chi connectivity index (χ1) is 11.7. The number of rotatable bonds is 2. The van der Waals surface area contributed by atoms with Crippen molar-refractivity contribution in [1.29, 1.82) is 0 Å². The fourth-order valence-electron chi connectivity index (χ4n) is 3.74. The van der Waals surface area contributed by atoms with Gasteiger partial charge in [-0.05, 0) is 23.6 Å². The molecule has 2 aliphatic rings. The van der Waals surface area contributed by atoms with Crippen molar-refractivity contribution in [2.24, 2.45) is 0 Å². The summed E-state index contributed by atoms with van der Waals surface area (Å²) in [6, 6.07) is 18.0. The van der Waals surface area contributed by atoms with E-state index < -0.39 is 0 Å². The number of fused-ring (bicyclic) bond motifs is 1. The maximum atomic E-state index is 13.1. The summed E-state index contributed by atoms with van der Waals surface area (Å²) in [5, 5.41) is 0. The number of hydrogen-bond donors (Lipinski definition) is 0. The van der Waals surface area contributed by atoms with Crippen molar-refractivity contribution in [2.75, 3.05) is 18.5 Å². The molecule has 0 unspecified atom stereocenters. The van der Waals surface area contributed by atoms with Crippen molar-refractivity contribution in [2.45, 2.75) is 24.8 Å². The molecule has 24 heavy (non-hydrogen) atoms. The Bertz CT molecular complexity index is 787. The summed E-state index contributed by atoms with van der Waals surface area (Å²) in [6.07, 6.45) is 1.24. The molecule has 0 spiro atoms. The molecule has 2 aromatic carbocycles. The summed E-state index contributed by atoms with van der Waals surface area (Å²) in [5.41, 5.74) is 2.98. The molecule has 0 aliphatic carbocycles. The number of anilines is 1. The van der Waals surface area contributed by atoms with E-state index in [4.69, 9.17) is 0 Å². The molecule has 2 aliphatic heterocycles. The number of para-hydroxylation sites is 1. The van der Waals surface area contributed by atoms with E-state index in [0.717, 1.165) is 24.2 Å². The Morgan fingerprint density at radius 2 is 1.75 bits per heavy atom. The average Bonchev–Trinajstić information content (AvgIpc) is 2.58. The Labute approximate surface area is 141 Å². The predicted molar refractivity (Wildman–Crippen MR) is 92.7 cm³/mol. The Morgan fingerprint density at radius 3 is 2.46 bits per heavy atom. The van der Waals surface area contributed by atoms with Gasteiger partial charge in [0.25, 0.3) is 0 Å². The fraction of sp³-hybridized carbons (Fsp3) is 0.300. The molecular weight excluding hydrogens is 300 g/mol. The van der Waals surface area contributed by atoms with Crippen LogP contribution in [0.5, 0.6) is 0 Å². The van der Waals surface area contributed by atoms with E-state index in [1.54, 1.807) is 11.9 Å². The van der Waals surface area contributed by atoms with Crippen molar-refractivity contribution < 1.29 is 9.59 Å². The van der Waals surface area contributed by atoms with Crippen molar-refractivity contribution in [3.8, 4) is 0 Å². The second-order valence-electron chi connectivity index (χ2n) is 6.52. The summed E-state index contributed by atoms with van der Waals surface area (Å²) in [5.74, 6) is -0.288. The normalized spacial score (nSPS) is 22.8. The van der Waals surface area contributed by atoms with E-state index in [0.29, 0.717) is 0 Å². The van der Waals surface area contributed by atoms with Gasteiger partial charge in [-0.15, -0.1) is 0 Å². The minimum atomic E-state index is -0.364. The van der Waals surface area contributed by atoms with Crippen molar-refractivity contribution in [1.82, 2.24) is 4.90 Å². The van der Waals surface area contributed by atoms with Crippen LogP contribution in [0.2, 0.25) is 0 Å². The van der Waals surface area contributed by atoms with Crippen molar-refractivity contribution in [3.63, 3.8) is 0 Å². The minimum absolute atomic E-state index is 0.00355. The van der Waals surface area contributed by atoms with Crippen LogP contribution in [-0.2, 0) is 9.59 Å². The monoisotopic (exact) mass is 320 g/mol. The minimum Gasteiger partial charge on any atom is -0.335 e. The van der Waals surface area contributed by atoms with Gasteiger partial charge in [0.2, 0.25) is 11.8 Å². The third kappa shape index (κ3) is 2.30. The maximum absolute atomic E-state index is 13.1. The van der Waals surface area contributed by atoms with Gasteiger partial charge in [0.05, 0.1) is 12.0 Å². The van der Waals surface area contributed by atoms with Gasteiger partial charge in [0.1, 0.15) is 0 Å². The van der Waals surface area contributed by atoms with E-state index >= 15 is 0 Å². The van der Waals surface area contributed by atoms with Crippen LogP contribution in [0.3, 0.4) is 0 Å². The zero-order chi connectivity index (χ0) is 16.7. The Morgan fingerprint density at radius 1 is 1.04 bits per heavy atom. The van der Waals surface area contributed by atoms with Gasteiger partial charge in [0.15, 0.2) is 0 Å². The standard InChI is InChI=1S/C20H20N2O2/c1-21-18-10-6-5-9-15(18)16(13-19(21)23)20(24)22-12-11-17(22)14-7-3-2-4-8-14/h2-10,16-17H,11-13H2,1H3/t16-,17-/m1/s1. The zero-order valence-electron chi connectivity index (χ0n) is 13.7. The van der Waals surface area contributed by atoms with Crippen LogP contribution in [0.1, 0.15) is 35.9 Å². The second-order valence-corrected chi connectivity index (χ2v) is 6.52. The molecule has 2 heterocycles. The highest BCUT2D eigenvalue weighted by Crippen LogP contribution is 2.41. The van der Waals surface area contributed by atoms with Crippen LogP contribution in [0.15, 0.2) is 54.6 Å². The van der Waals surface area contributed by atoms with Crippen LogP contribution in [0, 0.1) is 0 Å². The largest absolute Gasteiger partial charge is 0.335 e. The van der Waals surface area contributed by atoms with Gasteiger partial charge >= 0.3 is 0 Å². The molecule has 2 aromatic rings. The lowest BCUT2D eigenvalue weighted by molar-refractivity contribution is -0.142. The number of benzene rings is 2. The summed E-state index contributed by atoms with van der Waals surface area (Å²) < 4.78 is 0. The van der Waals surface area contributed by atoms with Crippen LogP contribution in [-0.4, -0.2) is 30.3 Å². The smallest absolute Gasteiger partial charge is 0.231 e. The average molecular weight is 320 g/mol. The van der Waals surface area contributed by atoms with Crippen LogP contribution in [0.25, 0.3) is 0 Å². The van der Waals surface area contributed by atoms with Crippen LogP contribution in [0.4, 0.5) is 5.69 Å². The van der Waals surface area contributed by atoms with E-state index in [-0.39, 0.29) is 30.2 Å². The second kappa shape index (κ2) is 5.78. The lowest BCUT2D eigenvalue weighted by Gasteiger charge is -2.44. The summed E-state index contributed by atoms with van der Waals surface area (Å²) in [7, 11) is 1.78. The van der Waals surface area contributed by atoms with Crippen LogP contribution < -0.4 is 4.90 Å². The number of carbonyl (C=O) groups is 2. The Hall–Kier alpha value is -2.62. The fourth-order valence-corrected chi connectivity index (χ4v) is 3.74. The molecule has 0 aromatic heterocycles. The topological polar surface area (TPSA) is 40.6 Å². The first-order valence-corrected chi connectivity index (χ1v) is 8.37. The summed E-state index contributed by atoms with van der Waals surface area (Å²) in [4.78, 5) is 29.0. The molecule has 0 bridgehead atoms. The Kier molecular flexibility index (Phi) is 3.60. The molecule has 0 saturated carbocycles. The lowest BCUT2D eigenvalue weighted by atomic mass is 9.85. The number of carbonyl (C=O) groups excluding carboxylic acids is 2. The molecule has 0 radical (unpaired) electrons. The molecule has 122 valence electrons. The molecule has 4 rings (SSSR count). The first-order valence-electron chi connectivity index (χ1n) is 8.37. The van der Waals surface area contributed by atoms with Gasteiger partial charge in [0, 0.05) is 25.7 Å². The van der Waals surface area contributed by atoms with Crippen LogP contribution >= 0.6 is 0 Å². The third-order valence-corrected chi connectivity index (χ3v) is 5.21. The molecular formula is C20H20N2O2. The molecule has 2 atom stereocenters. The Balaban J connectivity index is 1.63. The van der Waals surface area contributed by atoms with Gasteiger partial charge in [-0.2, -0.15) is 0 Å². The first kappa shape index (κ1) is 14.9. The van der Waals surface area contributed by atoms with E-state index in [1.165, 1.54) is 5.56 Å². The number of nitrogens with zero attached hydrogens (tertiary/aromatic N) is 2. The van der Waals surface area contributed by atoms with Gasteiger partial charge in [-0.25, -0.2) is 0 Å². The van der Waals surface area contributed by atoms with Crippen molar-refractivity contribution in [3.05, 3.63) is 65.7 Å². The highest BCUT2D eigenvalue weighted by Gasteiger charge is 2.41. The summed E-state index contributed by atoms with van der Waals surface area (Å²) >= 11 is 0. The highest BCUT2D eigenvalue weighted by atomic mass is 16.2. The van der Waals surface area contributed by atoms with E-state index in [2.05, 4.69) is 12.1 Å². The number of likely N-dealkylation sites (tertiary alicyclic amines) is 1. The lowest BCUT2D eigenvalue weighted by Crippen LogP contribution is -2.49.